The zero-order valence-corrected chi connectivity index (χ0v) is 11.9. The minimum Gasteiger partial charge on any atom is -0.492 e. The second-order valence-electron chi connectivity index (χ2n) is 5.15. The molecule has 1 N–H and O–H groups in total. The summed E-state index contributed by atoms with van der Waals surface area (Å²) in [7, 11) is 0. The molecule has 1 aliphatic rings. The van der Waals surface area contributed by atoms with Gasteiger partial charge in [0, 0.05) is 18.4 Å². The summed E-state index contributed by atoms with van der Waals surface area (Å²) in [5.41, 5.74) is 1.03. The highest BCUT2D eigenvalue weighted by molar-refractivity contribution is 5.51. The molecule has 0 atom stereocenters. The minimum atomic E-state index is 0.551. The molecule has 0 radical (unpaired) electrons. The Morgan fingerprint density at radius 2 is 2.10 bits per heavy atom. The van der Waals surface area contributed by atoms with E-state index >= 15 is 0 Å². The molecule has 4 nitrogen and oxygen atoms in total. The van der Waals surface area contributed by atoms with Gasteiger partial charge in [0.1, 0.15) is 5.75 Å². The molecule has 1 fully saturated rings. The quantitative estimate of drug-likeness (QED) is 0.902. The summed E-state index contributed by atoms with van der Waals surface area (Å²) in [5, 5.41) is 3.55. The van der Waals surface area contributed by atoms with Gasteiger partial charge in [0.15, 0.2) is 0 Å². The van der Waals surface area contributed by atoms with E-state index in [1.165, 1.54) is 25.7 Å². The van der Waals surface area contributed by atoms with E-state index in [9.17, 15) is 0 Å². The second kappa shape index (κ2) is 5.99. The Hall–Kier alpha value is -1.97. The molecule has 0 bridgehead atoms. The zero-order chi connectivity index (χ0) is 13.8. The van der Waals surface area contributed by atoms with Crippen LogP contribution in [0.4, 0.5) is 5.95 Å². The average Bonchev–Trinajstić information content (AvgIpc) is 3.12. The summed E-state index contributed by atoms with van der Waals surface area (Å²) in [6, 6.07) is 8.63. The van der Waals surface area contributed by atoms with Crippen LogP contribution in [0.15, 0.2) is 36.7 Å². The lowest BCUT2D eigenvalue weighted by Gasteiger charge is -2.16. The van der Waals surface area contributed by atoms with Crippen LogP contribution in [0.2, 0.25) is 0 Å². The second-order valence-corrected chi connectivity index (χ2v) is 5.15. The number of rotatable bonds is 5. The first-order valence-corrected chi connectivity index (χ1v) is 7.40. The van der Waals surface area contributed by atoms with Gasteiger partial charge in [-0.3, -0.25) is 4.57 Å². The Balaban J connectivity index is 1.88. The molecule has 2 aromatic rings. The number of aromatic nitrogens is 2. The monoisotopic (exact) mass is 271 g/mol. The first kappa shape index (κ1) is 13.0. The van der Waals surface area contributed by atoms with Crippen molar-refractivity contribution in [2.24, 2.45) is 0 Å². The third-order valence-electron chi connectivity index (χ3n) is 3.75. The van der Waals surface area contributed by atoms with E-state index in [0.29, 0.717) is 12.6 Å². The number of nitrogens with one attached hydrogen (secondary N) is 1. The third-order valence-corrected chi connectivity index (χ3v) is 3.75. The lowest BCUT2D eigenvalue weighted by atomic mass is 10.2. The molecule has 0 amide bonds. The number of imidazole rings is 1. The number of hydrogen-bond acceptors (Lipinski definition) is 3. The molecule has 106 valence electrons. The normalized spacial score (nSPS) is 15.4. The molecule has 1 heterocycles. The van der Waals surface area contributed by atoms with E-state index in [1.807, 2.05) is 37.5 Å². The topological polar surface area (TPSA) is 39.1 Å². The van der Waals surface area contributed by atoms with Crippen molar-refractivity contribution in [2.45, 2.75) is 38.6 Å². The molecular weight excluding hydrogens is 250 g/mol. The first-order valence-electron chi connectivity index (χ1n) is 7.40. The Bertz CT molecular complexity index is 558. The highest BCUT2D eigenvalue weighted by Crippen LogP contribution is 2.27. The van der Waals surface area contributed by atoms with Gasteiger partial charge in [0.2, 0.25) is 5.95 Å². The van der Waals surface area contributed by atoms with Crippen molar-refractivity contribution in [1.29, 1.82) is 0 Å². The molecule has 0 saturated heterocycles. The van der Waals surface area contributed by atoms with Crippen LogP contribution in [-0.2, 0) is 0 Å². The van der Waals surface area contributed by atoms with Gasteiger partial charge in [-0.15, -0.1) is 0 Å². The maximum atomic E-state index is 5.71. The summed E-state index contributed by atoms with van der Waals surface area (Å²) in [5.74, 6) is 1.80. The number of hydrogen-bond donors (Lipinski definition) is 1. The van der Waals surface area contributed by atoms with Gasteiger partial charge < -0.3 is 10.1 Å². The van der Waals surface area contributed by atoms with Crippen LogP contribution in [0.3, 0.4) is 0 Å². The van der Waals surface area contributed by atoms with E-state index in [1.54, 1.807) is 0 Å². The Morgan fingerprint density at radius 3 is 2.90 bits per heavy atom. The number of para-hydroxylation sites is 2. The van der Waals surface area contributed by atoms with E-state index in [2.05, 4.69) is 20.9 Å². The van der Waals surface area contributed by atoms with Gasteiger partial charge >= 0.3 is 0 Å². The predicted molar refractivity (Wildman–Crippen MR) is 80.6 cm³/mol. The van der Waals surface area contributed by atoms with Crippen molar-refractivity contribution in [3.8, 4) is 11.4 Å². The third kappa shape index (κ3) is 2.64. The van der Waals surface area contributed by atoms with Crippen molar-refractivity contribution < 1.29 is 4.74 Å². The standard InChI is InChI=1S/C16H21N3O/c1-2-20-15-10-6-5-9-14(15)19-12-11-17-16(19)18-13-7-3-4-8-13/h5-6,9-13H,2-4,7-8H2,1H3,(H,17,18). The van der Waals surface area contributed by atoms with Crippen molar-refractivity contribution >= 4 is 5.95 Å². The van der Waals surface area contributed by atoms with Crippen LogP contribution in [0.1, 0.15) is 32.6 Å². The molecule has 1 aromatic carbocycles. The molecule has 20 heavy (non-hydrogen) atoms. The SMILES string of the molecule is CCOc1ccccc1-n1ccnc1NC1CCCC1. The minimum absolute atomic E-state index is 0.551. The van der Waals surface area contributed by atoms with Crippen LogP contribution in [-0.4, -0.2) is 22.2 Å². The van der Waals surface area contributed by atoms with Crippen molar-refractivity contribution in [2.75, 3.05) is 11.9 Å². The summed E-state index contributed by atoms with van der Waals surface area (Å²) in [6.07, 6.45) is 8.91. The van der Waals surface area contributed by atoms with E-state index in [4.69, 9.17) is 4.74 Å². The van der Waals surface area contributed by atoms with E-state index < -0.39 is 0 Å². The van der Waals surface area contributed by atoms with Gasteiger partial charge in [-0.1, -0.05) is 25.0 Å². The molecule has 3 rings (SSSR count). The van der Waals surface area contributed by atoms with Crippen LogP contribution in [0.5, 0.6) is 5.75 Å². The van der Waals surface area contributed by atoms with Crippen molar-refractivity contribution in [3.63, 3.8) is 0 Å². The maximum Gasteiger partial charge on any atom is 0.207 e. The lowest BCUT2D eigenvalue weighted by molar-refractivity contribution is 0.339. The van der Waals surface area contributed by atoms with Gasteiger partial charge in [-0.05, 0) is 31.9 Å². The van der Waals surface area contributed by atoms with Crippen molar-refractivity contribution in [3.05, 3.63) is 36.7 Å². The summed E-state index contributed by atoms with van der Waals surface area (Å²) < 4.78 is 7.78. The highest BCUT2D eigenvalue weighted by atomic mass is 16.5. The van der Waals surface area contributed by atoms with Gasteiger partial charge in [-0.25, -0.2) is 4.98 Å². The summed E-state index contributed by atoms with van der Waals surface area (Å²) in [6.45, 7) is 2.67. The summed E-state index contributed by atoms with van der Waals surface area (Å²) >= 11 is 0. The molecule has 1 aromatic heterocycles. The fraction of sp³-hybridized carbons (Fsp3) is 0.438. The Kier molecular flexibility index (Phi) is 3.90. The molecule has 0 aliphatic heterocycles. The van der Waals surface area contributed by atoms with Crippen LogP contribution in [0.25, 0.3) is 5.69 Å². The Morgan fingerprint density at radius 1 is 1.30 bits per heavy atom. The van der Waals surface area contributed by atoms with Crippen molar-refractivity contribution in [1.82, 2.24) is 9.55 Å². The molecule has 0 unspecified atom stereocenters. The maximum absolute atomic E-state index is 5.71. The molecule has 1 saturated carbocycles. The molecule has 0 spiro atoms. The fourth-order valence-corrected chi connectivity index (χ4v) is 2.79. The predicted octanol–water partition coefficient (Wildman–Crippen LogP) is 3.63. The lowest BCUT2D eigenvalue weighted by Crippen LogP contribution is -2.17. The number of benzene rings is 1. The smallest absolute Gasteiger partial charge is 0.207 e. The number of anilines is 1. The van der Waals surface area contributed by atoms with Gasteiger partial charge in [0.25, 0.3) is 0 Å². The molecular formula is C16H21N3O. The van der Waals surface area contributed by atoms with Gasteiger partial charge in [0.05, 0.1) is 12.3 Å². The first-order chi connectivity index (χ1) is 9.88. The Labute approximate surface area is 119 Å². The summed E-state index contributed by atoms with van der Waals surface area (Å²) in [4.78, 5) is 4.45. The zero-order valence-electron chi connectivity index (χ0n) is 11.9. The fourth-order valence-electron chi connectivity index (χ4n) is 2.79. The van der Waals surface area contributed by atoms with Gasteiger partial charge in [-0.2, -0.15) is 0 Å². The van der Waals surface area contributed by atoms with Crippen LogP contribution in [0, 0.1) is 0 Å². The number of nitrogens with zero attached hydrogens (tertiary/aromatic N) is 2. The van der Waals surface area contributed by atoms with Crippen LogP contribution >= 0.6 is 0 Å². The molecule has 4 heteroatoms. The largest absolute Gasteiger partial charge is 0.492 e. The molecule has 1 aliphatic carbocycles. The van der Waals surface area contributed by atoms with E-state index in [-0.39, 0.29) is 0 Å². The van der Waals surface area contributed by atoms with Crippen LogP contribution < -0.4 is 10.1 Å². The van der Waals surface area contributed by atoms with E-state index in [0.717, 1.165) is 17.4 Å². The highest BCUT2D eigenvalue weighted by Gasteiger charge is 2.17. The average molecular weight is 271 g/mol. The number of ether oxygens (including phenoxy) is 1.